The van der Waals surface area contributed by atoms with Crippen LogP contribution >= 0.6 is 0 Å². The van der Waals surface area contributed by atoms with Crippen LogP contribution < -0.4 is 10.1 Å². The normalized spacial score (nSPS) is 9.61. The molecule has 0 aromatic heterocycles. The monoisotopic (exact) mass is 310 g/mol. The van der Waals surface area contributed by atoms with Gasteiger partial charge in [0, 0.05) is 5.56 Å². The number of esters is 1. The average molecular weight is 310 g/mol. The molecule has 0 aliphatic carbocycles. The van der Waals surface area contributed by atoms with Gasteiger partial charge in [-0.1, -0.05) is 6.07 Å². The first-order valence-electron chi connectivity index (χ1n) is 6.67. The van der Waals surface area contributed by atoms with Gasteiger partial charge in [-0.2, -0.15) is 5.26 Å². The van der Waals surface area contributed by atoms with E-state index in [-0.39, 0.29) is 5.56 Å². The zero-order valence-corrected chi connectivity index (χ0v) is 12.6. The Bertz CT molecular complexity index is 793. The van der Waals surface area contributed by atoms with Crippen LogP contribution in [0, 0.1) is 11.3 Å². The average Bonchev–Trinajstić information content (AvgIpc) is 2.61. The molecule has 0 spiro atoms. The molecule has 0 unspecified atom stereocenters. The van der Waals surface area contributed by atoms with Crippen molar-refractivity contribution in [1.29, 1.82) is 5.26 Å². The lowest BCUT2D eigenvalue weighted by Gasteiger charge is -2.11. The summed E-state index contributed by atoms with van der Waals surface area (Å²) in [6.45, 7) is 0. The standard InChI is InChI=1S/C17H14N2O4/c1-22-13-6-7-15(14(9-13)17(21)23-2)19-16(20)12-5-3-4-11(8-12)10-18/h3-9H,1-2H3,(H,19,20). The van der Waals surface area contributed by atoms with Crippen molar-refractivity contribution in [3.05, 3.63) is 59.2 Å². The lowest BCUT2D eigenvalue weighted by molar-refractivity contribution is 0.0601. The molecule has 0 bridgehead atoms. The summed E-state index contributed by atoms with van der Waals surface area (Å²) in [7, 11) is 2.73. The van der Waals surface area contributed by atoms with Crippen molar-refractivity contribution in [2.45, 2.75) is 0 Å². The predicted octanol–water partition coefficient (Wildman–Crippen LogP) is 2.61. The number of ether oxygens (including phenoxy) is 2. The second kappa shape index (κ2) is 7.09. The number of anilines is 1. The molecule has 0 atom stereocenters. The number of benzene rings is 2. The van der Waals surface area contributed by atoms with Crippen LogP contribution in [0.4, 0.5) is 5.69 Å². The number of nitrogens with zero attached hydrogens (tertiary/aromatic N) is 1. The number of methoxy groups -OCH3 is 2. The maximum absolute atomic E-state index is 12.3. The summed E-state index contributed by atoms with van der Waals surface area (Å²) in [6, 6.07) is 12.9. The Labute approximate surface area is 133 Å². The minimum Gasteiger partial charge on any atom is -0.497 e. The molecule has 0 fully saturated rings. The Balaban J connectivity index is 2.33. The summed E-state index contributed by atoms with van der Waals surface area (Å²) in [6.07, 6.45) is 0. The Morgan fingerprint density at radius 3 is 2.57 bits per heavy atom. The molecule has 0 radical (unpaired) electrons. The van der Waals surface area contributed by atoms with Crippen molar-refractivity contribution in [2.24, 2.45) is 0 Å². The van der Waals surface area contributed by atoms with E-state index in [0.717, 1.165) is 0 Å². The SMILES string of the molecule is COC(=O)c1cc(OC)ccc1NC(=O)c1cccc(C#N)c1. The van der Waals surface area contributed by atoms with Gasteiger partial charge in [-0.15, -0.1) is 0 Å². The molecule has 1 N–H and O–H groups in total. The number of nitriles is 1. The van der Waals surface area contributed by atoms with Crippen molar-refractivity contribution in [1.82, 2.24) is 0 Å². The summed E-state index contributed by atoms with van der Waals surface area (Å²) in [5, 5.41) is 11.5. The highest BCUT2D eigenvalue weighted by Crippen LogP contribution is 2.23. The fraction of sp³-hybridized carbons (Fsp3) is 0.118. The van der Waals surface area contributed by atoms with Crippen molar-refractivity contribution < 1.29 is 19.1 Å². The van der Waals surface area contributed by atoms with Crippen molar-refractivity contribution in [2.75, 3.05) is 19.5 Å². The Morgan fingerprint density at radius 1 is 1.13 bits per heavy atom. The van der Waals surface area contributed by atoms with Crippen LogP contribution in [-0.4, -0.2) is 26.1 Å². The van der Waals surface area contributed by atoms with Crippen LogP contribution in [0.25, 0.3) is 0 Å². The molecule has 0 aliphatic rings. The molecule has 6 heteroatoms. The quantitative estimate of drug-likeness (QED) is 0.877. The number of carbonyl (C=O) groups is 2. The maximum atomic E-state index is 12.3. The first-order chi connectivity index (χ1) is 11.1. The van der Waals surface area contributed by atoms with Gasteiger partial charge < -0.3 is 14.8 Å². The highest BCUT2D eigenvalue weighted by Gasteiger charge is 2.16. The molecule has 2 aromatic rings. The van der Waals surface area contributed by atoms with Crippen LogP contribution in [-0.2, 0) is 4.74 Å². The van der Waals surface area contributed by atoms with E-state index in [4.69, 9.17) is 14.7 Å². The Morgan fingerprint density at radius 2 is 1.91 bits per heavy atom. The van der Waals surface area contributed by atoms with E-state index in [2.05, 4.69) is 5.32 Å². The van der Waals surface area contributed by atoms with Crippen LogP contribution in [0.15, 0.2) is 42.5 Å². The van der Waals surface area contributed by atoms with Crippen LogP contribution in [0.3, 0.4) is 0 Å². The molecule has 1 amide bonds. The highest BCUT2D eigenvalue weighted by molar-refractivity contribution is 6.08. The first kappa shape index (κ1) is 16.0. The Kier molecular flexibility index (Phi) is 4.95. The summed E-state index contributed by atoms with van der Waals surface area (Å²) in [5.74, 6) is -0.558. The van der Waals surface area contributed by atoms with E-state index in [1.54, 1.807) is 30.3 Å². The summed E-state index contributed by atoms with van der Waals surface area (Å²) in [4.78, 5) is 24.1. The molecule has 23 heavy (non-hydrogen) atoms. The van der Waals surface area contributed by atoms with Crippen LogP contribution in [0.1, 0.15) is 26.3 Å². The van der Waals surface area contributed by atoms with E-state index in [1.165, 1.54) is 26.4 Å². The van der Waals surface area contributed by atoms with E-state index in [1.807, 2.05) is 6.07 Å². The molecule has 0 heterocycles. The molecule has 0 aliphatic heterocycles. The summed E-state index contributed by atoms with van der Waals surface area (Å²) >= 11 is 0. The number of hydrogen-bond donors (Lipinski definition) is 1. The van der Waals surface area contributed by atoms with Crippen molar-refractivity contribution in [3.8, 4) is 11.8 Å². The minimum atomic E-state index is -0.593. The third kappa shape index (κ3) is 3.66. The second-order valence-corrected chi connectivity index (χ2v) is 4.55. The molecule has 2 rings (SSSR count). The molecular formula is C17H14N2O4. The fourth-order valence-corrected chi connectivity index (χ4v) is 1.96. The lowest BCUT2D eigenvalue weighted by atomic mass is 10.1. The zero-order valence-electron chi connectivity index (χ0n) is 12.6. The smallest absolute Gasteiger partial charge is 0.340 e. The fourth-order valence-electron chi connectivity index (χ4n) is 1.96. The van der Waals surface area contributed by atoms with Crippen molar-refractivity contribution in [3.63, 3.8) is 0 Å². The molecule has 116 valence electrons. The lowest BCUT2D eigenvalue weighted by Crippen LogP contribution is -2.15. The minimum absolute atomic E-state index is 0.177. The van der Waals surface area contributed by atoms with E-state index >= 15 is 0 Å². The van der Waals surface area contributed by atoms with E-state index < -0.39 is 11.9 Å². The van der Waals surface area contributed by atoms with Crippen molar-refractivity contribution >= 4 is 17.6 Å². The molecule has 0 saturated carbocycles. The zero-order chi connectivity index (χ0) is 16.8. The molecular weight excluding hydrogens is 296 g/mol. The van der Waals surface area contributed by atoms with E-state index in [9.17, 15) is 9.59 Å². The molecule has 0 saturated heterocycles. The predicted molar refractivity (Wildman–Crippen MR) is 83.4 cm³/mol. The van der Waals surface area contributed by atoms with Gasteiger partial charge in [-0.3, -0.25) is 4.79 Å². The number of nitrogens with one attached hydrogen (secondary N) is 1. The van der Waals surface area contributed by atoms with Gasteiger partial charge in [0.25, 0.3) is 5.91 Å². The number of hydrogen-bond acceptors (Lipinski definition) is 5. The molecule has 2 aromatic carbocycles. The topological polar surface area (TPSA) is 88.4 Å². The van der Waals surface area contributed by atoms with Crippen LogP contribution in [0.2, 0.25) is 0 Å². The summed E-state index contributed by atoms with van der Waals surface area (Å²) < 4.78 is 9.78. The molecule has 6 nitrogen and oxygen atoms in total. The third-order valence-electron chi connectivity index (χ3n) is 3.13. The van der Waals surface area contributed by atoms with Gasteiger partial charge in [0.2, 0.25) is 0 Å². The van der Waals surface area contributed by atoms with Gasteiger partial charge in [-0.05, 0) is 36.4 Å². The maximum Gasteiger partial charge on any atom is 0.340 e. The summed E-state index contributed by atoms with van der Waals surface area (Å²) in [5.41, 5.74) is 1.16. The van der Waals surface area contributed by atoms with Gasteiger partial charge in [0.05, 0.1) is 37.1 Å². The van der Waals surface area contributed by atoms with Gasteiger partial charge in [0.15, 0.2) is 0 Å². The number of carbonyl (C=O) groups excluding carboxylic acids is 2. The Hall–Kier alpha value is -3.33. The highest BCUT2D eigenvalue weighted by atomic mass is 16.5. The second-order valence-electron chi connectivity index (χ2n) is 4.55. The first-order valence-corrected chi connectivity index (χ1v) is 6.67. The van der Waals surface area contributed by atoms with Gasteiger partial charge >= 0.3 is 5.97 Å². The van der Waals surface area contributed by atoms with Gasteiger partial charge in [0.1, 0.15) is 5.75 Å². The largest absolute Gasteiger partial charge is 0.497 e. The third-order valence-corrected chi connectivity index (χ3v) is 3.13. The van der Waals surface area contributed by atoms with Gasteiger partial charge in [-0.25, -0.2) is 4.79 Å². The number of amides is 1. The number of rotatable bonds is 4. The van der Waals surface area contributed by atoms with E-state index in [0.29, 0.717) is 22.6 Å². The van der Waals surface area contributed by atoms with Crippen LogP contribution in [0.5, 0.6) is 5.75 Å².